The zero-order valence-corrected chi connectivity index (χ0v) is 11.0. The van der Waals surface area contributed by atoms with Gasteiger partial charge in [-0.3, -0.25) is 10.1 Å². The number of aliphatic carboxylic acids is 1. The molecule has 21 heavy (non-hydrogen) atoms. The molecule has 1 aromatic heterocycles. The second-order valence-corrected chi connectivity index (χ2v) is 4.90. The number of aromatic nitrogens is 1. The summed E-state index contributed by atoms with van der Waals surface area (Å²) < 4.78 is 36.2. The third-order valence-corrected chi connectivity index (χ3v) is 3.00. The number of carboxylic acids is 1. The fraction of sp³-hybridized carbons (Fsp3) is 0.400. The van der Waals surface area contributed by atoms with E-state index in [1.165, 1.54) is 5.32 Å². The summed E-state index contributed by atoms with van der Waals surface area (Å²) in [5.74, 6) is -3.62. The van der Waals surface area contributed by atoms with E-state index in [-0.39, 0.29) is 16.9 Å². The van der Waals surface area contributed by atoms with Crippen LogP contribution < -0.4 is 5.32 Å². The van der Waals surface area contributed by atoms with Gasteiger partial charge in [0.05, 0.1) is 0 Å². The standard InChI is InChI=1S/C10H8F3N3O4S/c11-10(12,13)8(19)15-9-14-5(3-21-9)6(7(17)18)16-20-4-1-2-4/h3-4H,1-2H2,(H,17,18)(H,14,15,19). The van der Waals surface area contributed by atoms with Gasteiger partial charge in [0, 0.05) is 5.38 Å². The van der Waals surface area contributed by atoms with E-state index in [9.17, 15) is 22.8 Å². The molecule has 1 heterocycles. The topological polar surface area (TPSA) is 101 Å². The Kier molecular flexibility index (Phi) is 4.11. The van der Waals surface area contributed by atoms with Crippen molar-refractivity contribution in [2.75, 3.05) is 5.32 Å². The molecule has 0 unspecified atom stereocenters. The molecule has 1 aliphatic rings. The number of oxime groups is 1. The number of thiazole rings is 1. The van der Waals surface area contributed by atoms with Crippen LogP contribution >= 0.6 is 11.3 Å². The molecule has 0 bridgehead atoms. The van der Waals surface area contributed by atoms with Crippen LogP contribution in [-0.2, 0) is 14.4 Å². The summed E-state index contributed by atoms with van der Waals surface area (Å²) in [6, 6.07) is 0. The molecule has 2 rings (SSSR count). The molecule has 114 valence electrons. The van der Waals surface area contributed by atoms with Crippen LogP contribution in [0.1, 0.15) is 18.5 Å². The molecular formula is C10H8F3N3O4S. The summed E-state index contributed by atoms with van der Waals surface area (Å²) >= 11 is 0.647. The summed E-state index contributed by atoms with van der Waals surface area (Å²) in [5.41, 5.74) is -0.726. The lowest BCUT2D eigenvalue weighted by atomic mass is 10.3. The Morgan fingerprint density at radius 3 is 2.67 bits per heavy atom. The molecule has 7 nitrogen and oxygen atoms in total. The number of anilines is 1. The van der Waals surface area contributed by atoms with Crippen LogP contribution in [0.25, 0.3) is 0 Å². The van der Waals surface area contributed by atoms with Crippen molar-refractivity contribution in [2.24, 2.45) is 5.16 Å². The Morgan fingerprint density at radius 1 is 1.48 bits per heavy atom. The van der Waals surface area contributed by atoms with Gasteiger partial charge in [0.25, 0.3) is 0 Å². The Hall–Kier alpha value is -2.17. The normalized spacial score (nSPS) is 15.7. The van der Waals surface area contributed by atoms with Crippen molar-refractivity contribution >= 4 is 34.1 Å². The maximum atomic E-state index is 12.1. The molecule has 0 atom stereocenters. The number of hydrogen-bond acceptors (Lipinski definition) is 6. The number of rotatable bonds is 5. The monoisotopic (exact) mass is 323 g/mol. The first-order valence-corrected chi connectivity index (χ1v) is 6.46. The smallest absolute Gasteiger partial charge is 0.471 e. The van der Waals surface area contributed by atoms with E-state index in [1.54, 1.807) is 0 Å². The number of carbonyl (C=O) groups excluding carboxylic acids is 1. The second kappa shape index (κ2) is 5.68. The molecule has 1 saturated carbocycles. The number of hydrogen-bond donors (Lipinski definition) is 2. The summed E-state index contributed by atoms with van der Waals surface area (Å²) in [7, 11) is 0. The predicted molar refractivity (Wildman–Crippen MR) is 65.1 cm³/mol. The van der Waals surface area contributed by atoms with E-state index in [2.05, 4.69) is 10.1 Å². The molecule has 0 radical (unpaired) electrons. The number of nitrogens with one attached hydrogen (secondary N) is 1. The zero-order valence-electron chi connectivity index (χ0n) is 10.2. The minimum Gasteiger partial charge on any atom is -0.476 e. The second-order valence-electron chi connectivity index (χ2n) is 4.04. The van der Waals surface area contributed by atoms with Crippen molar-refractivity contribution in [1.29, 1.82) is 0 Å². The molecule has 1 aliphatic carbocycles. The highest BCUT2D eigenvalue weighted by Crippen LogP contribution is 2.25. The van der Waals surface area contributed by atoms with Gasteiger partial charge in [-0.25, -0.2) is 9.78 Å². The Morgan fingerprint density at radius 2 is 2.14 bits per heavy atom. The fourth-order valence-electron chi connectivity index (χ4n) is 1.10. The number of halogens is 3. The number of amides is 1. The number of alkyl halides is 3. The van der Waals surface area contributed by atoms with Gasteiger partial charge in [-0.15, -0.1) is 11.3 Å². The average molecular weight is 323 g/mol. The van der Waals surface area contributed by atoms with Crippen molar-refractivity contribution in [3.05, 3.63) is 11.1 Å². The molecule has 1 fully saturated rings. The van der Waals surface area contributed by atoms with E-state index in [4.69, 9.17) is 9.94 Å². The van der Waals surface area contributed by atoms with Crippen LogP contribution in [0.2, 0.25) is 0 Å². The molecular weight excluding hydrogens is 315 g/mol. The van der Waals surface area contributed by atoms with Crippen LogP contribution in [-0.4, -0.2) is 40.0 Å². The lowest BCUT2D eigenvalue weighted by Gasteiger charge is -2.04. The molecule has 0 aliphatic heterocycles. The average Bonchev–Trinajstić information content (AvgIpc) is 3.08. The van der Waals surface area contributed by atoms with Crippen LogP contribution in [0.4, 0.5) is 18.3 Å². The van der Waals surface area contributed by atoms with Crippen LogP contribution in [0.5, 0.6) is 0 Å². The van der Waals surface area contributed by atoms with Crippen LogP contribution in [0.15, 0.2) is 10.5 Å². The highest BCUT2D eigenvalue weighted by atomic mass is 32.1. The SMILES string of the molecule is O=C(O)C(=NOC1CC1)c1csc(NC(=O)C(F)(F)F)n1. The van der Waals surface area contributed by atoms with Gasteiger partial charge in [0.15, 0.2) is 5.13 Å². The van der Waals surface area contributed by atoms with Crippen molar-refractivity contribution < 1.29 is 32.7 Å². The van der Waals surface area contributed by atoms with E-state index < -0.39 is 23.8 Å². The third-order valence-electron chi connectivity index (χ3n) is 2.24. The van der Waals surface area contributed by atoms with Gasteiger partial charge >= 0.3 is 18.1 Å². The third kappa shape index (κ3) is 4.15. The summed E-state index contributed by atoms with van der Waals surface area (Å²) in [4.78, 5) is 30.2. The van der Waals surface area contributed by atoms with Crippen LogP contribution in [0, 0.1) is 0 Å². The van der Waals surface area contributed by atoms with E-state index >= 15 is 0 Å². The molecule has 0 saturated heterocycles. The van der Waals surface area contributed by atoms with Gasteiger partial charge in [-0.2, -0.15) is 13.2 Å². The Balaban J connectivity index is 2.11. The minimum atomic E-state index is -5.05. The van der Waals surface area contributed by atoms with Crippen molar-refractivity contribution in [3.63, 3.8) is 0 Å². The van der Waals surface area contributed by atoms with Gasteiger partial charge in [0.1, 0.15) is 11.8 Å². The zero-order chi connectivity index (χ0) is 15.6. The van der Waals surface area contributed by atoms with Crippen molar-refractivity contribution in [2.45, 2.75) is 25.1 Å². The highest BCUT2D eigenvalue weighted by Gasteiger charge is 2.39. The van der Waals surface area contributed by atoms with Crippen LogP contribution in [0.3, 0.4) is 0 Å². The van der Waals surface area contributed by atoms with E-state index in [1.807, 2.05) is 0 Å². The summed E-state index contributed by atoms with van der Waals surface area (Å²) in [5, 5.41) is 14.7. The van der Waals surface area contributed by atoms with E-state index in [0.717, 1.165) is 18.2 Å². The molecule has 0 spiro atoms. The Labute approximate surface area is 119 Å². The number of carboxylic acid groups (broad SMARTS) is 1. The first-order chi connectivity index (χ1) is 9.77. The lowest BCUT2D eigenvalue weighted by Crippen LogP contribution is -2.29. The number of nitrogens with zero attached hydrogens (tertiary/aromatic N) is 2. The Bertz CT molecular complexity index is 595. The molecule has 0 aromatic carbocycles. The van der Waals surface area contributed by atoms with Gasteiger partial charge in [0.2, 0.25) is 5.71 Å². The summed E-state index contributed by atoms with van der Waals surface area (Å²) in [6.07, 6.45) is -3.66. The highest BCUT2D eigenvalue weighted by molar-refractivity contribution is 7.14. The largest absolute Gasteiger partial charge is 0.476 e. The number of carbonyl (C=O) groups is 2. The molecule has 2 N–H and O–H groups in total. The van der Waals surface area contributed by atoms with Crippen molar-refractivity contribution in [1.82, 2.24) is 4.98 Å². The first kappa shape index (κ1) is 15.2. The van der Waals surface area contributed by atoms with E-state index in [0.29, 0.717) is 11.3 Å². The van der Waals surface area contributed by atoms with Gasteiger partial charge in [-0.05, 0) is 12.8 Å². The first-order valence-electron chi connectivity index (χ1n) is 5.58. The summed E-state index contributed by atoms with van der Waals surface area (Å²) in [6.45, 7) is 0. The quantitative estimate of drug-likeness (QED) is 0.633. The van der Waals surface area contributed by atoms with Crippen molar-refractivity contribution in [3.8, 4) is 0 Å². The lowest BCUT2D eigenvalue weighted by molar-refractivity contribution is -0.167. The van der Waals surface area contributed by atoms with Gasteiger partial charge in [-0.1, -0.05) is 5.16 Å². The minimum absolute atomic E-state index is 0.137. The fourth-order valence-corrected chi connectivity index (χ4v) is 1.79. The maximum Gasteiger partial charge on any atom is 0.471 e. The molecule has 1 aromatic rings. The maximum absolute atomic E-state index is 12.1. The van der Waals surface area contributed by atoms with Gasteiger partial charge < -0.3 is 9.94 Å². The molecule has 1 amide bonds. The predicted octanol–water partition coefficient (Wildman–Crippen LogP) is 1.61. The molecule has 11 heteroatoms.